The summed E-state index contributed by atoms with van der Waals surface area (Å²) >= 11 is 1.67. The van der Waals surface area contributed by atoms with Gasteiger partial charge in [-0.3, -0.25) is 14.5 Å². The molecule has 6 nitrogen and oxygen atoms in total. The number of carbonyl (C=O) groups excluding carboxylic acids is 2. The van der Waals surface area contributed by atoms with E-state index in [1.165, 1.54) is 0 Å². The van der Waals surface area contributed by atoms with Crippen molar-refractivity contribution in [3.8, 4) is 5.75 Å². The third-order valence-corrected chi connectivity index (χ3v) is 5.44. The minimum absolute atomic E-state index is 0.0515. The molecule has 1 aromatic carbocycles. The quantitative estimate of drug-likeness (QED) is 0.807. The minimum atomic E-state index is -0.417. The van der Waals surface area contributed by atoms with Crippen LogP contribution in [0.1, 0.15) is 0 Å². The van der Waals surface area contributed by atoms with Crippen molar-refractivity contribution in [1.29, 1.82) is 0 Å². The van der Waals surface area contributed by atoms with Crippen LogP contribution in [0.2, 0.25) is 0 Å². The van der Waals surface area contributed by atoms with Gasteiger partial charge < -0.3 is 14.5 Å². The molecule has 0 aromatic heterocycles. The molecule has 0 unspecified atom stereocenters. The summed E-state index contributed by atoms with van der Waals surface area (Å²) in [6, 6.07) is 7.83. The Kier molecular flexibility index (Phi) is 5.30. The fourth-order valence-electron chi connectivity index (χ4n) is 2.80. The summed E-state index contributed by atoms with van der Waals surface area (Å²) in [5.41, 5.74) is 0. The molecule has 0 radical (unpaired) electrons. The van der Waals surface area contributed by atoms with Gasteiger partial charge in [0.05, 0.1) is 6.54 Å². The van der Waals surface area contributed by atoms with Crippen LogP contribution in [0.5, 0.6) is 5.75 Å². The number of hydrogen-bond acceptors (Lipinski definition) is 5. The first-order valence-corrected chi connectivity index (χ1v) is 9.13. The van der Waals surface area contributed by atoms with Crippen molar-refractivity contribution in [3.63, 3.8) is 0 Å². The van der Waals surface area contributed by atoms with Gasteiger partial charge in [-0.1, -0.05) is 12.1 Å². The Morgan fingerprint density at radius 1 is 1.21 bits per heavy atom. The van der Waals surface area contributed by atoms with E-state index in [2.05, 4.69) is 4.90 Å². The van der Waals surface area contributed by atoms with Gasteiger partial charge in [-0.25, -0.2) is 0 Å². The van der Waals surface area contributed by atoms with Crippen molar-refractivity contribution in [1.82, 2.24) is 14.7 Å². The second kappa shape index (κ2) is 7.44. The molecule has 0 bridgehead atoms. The van der Waals surface area contributed by atoms with Gasteiger partial charge in [0.25, 0.3) is 5.91 Å². The Bertz CT molecular complexity index is 615. The van der Waals surface area contributed by atoms with Crippen LogP contribution < -0.4 is 4.74 Å². The van der Waals surface area contributed by atoms with Gasteiger partial charge in [-0.05, 0) is 12.1 Å². The third kappa shape index (κ3) is 3.84. The van der Waals surface area contributed by atoms with Crippen molar-refractivity contribution in [2.75, 3.05) is 52.6 Å². The Morgan fingerprint density at radius 2 is 1.92 bits per heavy atom. The molecule has 1 saturated heterocycles. The van der Waals surface area contributed by atoms with Gasteiger partial charge in [0.2, 0.25) is 5.91 Å². The summed E-state index contributed by atoms with van der Waals surface area (Å²) in [7, 11) is 3.52. The number of carbonyl (C=O) groups is 2. The van der Waals surface area contributed by atoms with Crippen molar-refractivity contribution >= 4 is 23.6 Å². The molecule has 24 heavy (non-hydrogen) atoms. The van der Waals surface area contributed by atoms with Gasteiger partial charge >= 0.3 is 0 Å². The fraction of sp³-hybridized carbons (Fsp3) is 0.529. The van der Waals surface area contributed by atoms with E-state index >= 15 is 0 Å². The van der Waals surface area contributed by atoms with Gasteiger partial charge in [0.1, 0.15) is 5.75 Å². The van der Waals surface area contributed by atoms with E-state index in [4.69, 9.17) is 4.74 Å². The molecule has 1 fully saturated rings. The predicted octanol–water partition coefficient (Wildman–Crippen LogP) is 0.772. The monoisotopic (exact) mass is 349 g/mol. The highest BCUT2D eigenvalue weighted by atomic mass is 32.2. The predicted molar refractivity (Wildman–Crippen MR) is 93.3 cm³/mol. The average molecular weight is 349 g/mol. The fourth-order valence-corrected chi connectivity index (χ4v) is 3.78. The molecule has 7 heteroatoms. The third-order valence-electron chi connectivity index (χ3n) is 4.33. The molecule has 1 aromatic rings. The average Bonchev–Trinajstić information content (AvgIpc) is 2.61. The zero-order valence-electron chi connectivity index (χ0n) is 14.1. The smallest absolute Gasteiger partial charge is 0.264 e. The summed E-state index contributed by atoms with van der Waals surface area (Å²) in [5.74, 6) is 1.59. The number of hydrogen-bond donors (Lipinski definition) is 0. The van der Waals surface area contributed by atoms with E-state index < -0.39 is 6.10 Å². The molecule has 3 rings (SSSR count). The van der Waals surface area contributed by atoms with Gasteiger partial charge in [-0.2, -0.15) is 0 Å². The second-order valence-corrected chi connectivity index (χ2v) is 7.32. The first-order chi connectivity index (χ1) is 11.5. The molecule has 0 N–H and O–H groups in total. The van der Waals surface area contributed by atoms with Crippen LogP contribution in [0.15, 0.2) is 29.2 Å². The van der Waals surface area contributed by atoms with Crippen LogP contribution in [0.4, 0.5) is 0 Å². The number of benzene rings is 1. The van der Waals surface area contributed by atoms with Crippen molar-refractivity contribution in [2.45, 2.75) is 11.0 Å². The molecular formula is C17H23N3O3S. The molecular weight excluding hydrogens is 326 g/mol. The zero-order valence-corrected chi connectivity index (χ0v) is 14.9. The van der Waals surface area contributed by atoms with Crippen molar-refractivity contribution in [3.05, 3.63) is 24.3 Å². The molecule has 1 atom stereocenters. The highest BCUT2D eigenvalue weighted by Crippen LogP contribution is 2.35. The highest BCUT2D eigenvalue weighted by Gasteiger charge is 2.32. The van der Waals surface area contributed by atoms with Crippen LogP contribution in [-0.2, 0) is 9.59 Å². The van der Waals surface area contributed by atoms with E-state index in [0.717, 1.165) is 23.7 Å². The van der Waals surface area contributed by atoms with Crippen molar-refractivity contribution in [2.24, 2.45) is 0 Å². The summed E-state index contributed by atoms with van der Waals surface area (Å²) < 4.78 is 5.88. The van der Waals surface area contributed by atoms with Gasteiger partial charge in [0, 0.05) is 50.9 Å². The lowest BCUT2D eigenvalue weighted by Crippen LogP contribution is -2.54. The van der Waals surface area contributed by atoms with Gasteiger partial charge in [-0.15, -0.1) is 11.8 Å². The molecule has 2 heterocycles. The number of ether oxygens (including phenoxy) is 1. The number of thioether (sulfide) groups is 1. The highest BCUT2D eigenvalue weighted by molar-refractivity contribution is 7.99. The molecule has 2 aliphatic heterocycles. The molecule has 2 aliphatic rings. The van der Waals surface area contributed by atoms with Crippen LogP contribution >= 0.6 is 11.8 Å². The number of rotatable bonds is 3. The number of likely N-dealkylation sites (N-methyl/N-ethyl adjacent to an activating group) is 1. The maximum absolute atomic E-state index is 12.7. The van der Waals surface area contributed by atoms with E-state index in [-0.39, 0.29) is 11.8 Å². The zero-order chi connectivity index (χ0) is 17.1. The Balaban J connectivity index is 1.52. The number of amides is 2. The number of para-hydroxylation sites is 1. The Morgan fingerprint density at radius 3 is 2.62 bits per heavy atom. The van der Waals surface area contributed by atoms with Gasteiger partial charge in [0.15, 0.2) is 6.10 Å². The maximum atomic E-state index is 12.7. The lowest BCUT2D eigenvalue weighted by molar-refractivity contribution is -0.140. The summed E-state index contributed by atoms with van der Waals surface area (Å²) in [6.45, 7) is 3.15. The van der Waals surface area contributed by atoms with E-state index in [1.807, 2.05) is 29.2 Å². The molecule has 2 amide bonds. The standard InChI is InChI=1S/C17H23N3O3S/c1-18(2)16(21)11-19-7-9-20(10-8-19)17(22)14-12-24-15-6-4-3-5-13(15)23-14/h3-6,14H,7-12H2,1-2H3/t14-/m0/s1. The largest absolute Gasteiger partial charge is 0.479 e. The lowest BCUT2D eigenvalue weighted by atomic mass is 10.2. The molecule has 0 aliphatic carbocycles. The number of fused-ring (bicyclic) bond motifs is 1. The first-order valence-electron chi connectivity index (χ1n) is 8.14. The van der Waals surface area contributed by atoms with E-state index in [9.17, 15) is 9.59 Å². The van der Waals surface area contributed by atoms with Crippen LogP contribution in [0.25, 0.3) is 0 Å². The maximum Gasteiger partial charge on any atom is 0.264 e. The first kappa shape index (κ1) is 17.1. The van der Waals surface area contributed by atoms with E-state index in [0.29, 0.717) is 25.4 Å². The van der Waals surface area contributed by atoms with Crippen molar-refractivity contribution < 1.29 is 14.3 Å². The second-order valence-electron chi connectivity index (χ2n) is 6.25. The minimum Gasteiger partial charge on any atom is -0.479 e. The topological polar surface area (TPSA) is 53.1 Å². The lowest BCUT2D eigenvalue weighted by Gasteiger charge is -2.37. The number of nitrogens with zero attached hydrogens (tertiary/aromatic N) is 3. The van der Waals surface area contributed by atoms with Crippen LogP contribution in [-0.4, -0.2) is 85.2 Å². The summed E-state index contributed by atoms with van der Waals surface area (Å²) in [4.78, 5) is 31.1. The van der Waals surface area contributed by atoms with Crippen LogP contribution in [0, 0.1) is 0 Å². The summed E-state index contributed by atoms with van der Waals surface area (Å²) in [6.07, 6.45) is -0.417. The molecule has 0 saturated carbocycles. The molecule has 0 spiro atoms. The number of piperazine rings is 1. The SMILES string of the molecule is CN(C)C(=O)CN1CCN(C(=O)[C@@H]2CSc3ccccc3O2)CC1. The van der Waals surface area contributed by atoms with E-state index in [1.54, 1.807) is 30.8 Å². The molecule has 130 valence electrons. The Labute approximate surface area is 146 Å². The summed E-state index contributed by atoms with van der Waals surface area (Å²) in [5, 5.41) is 0. The normalized spacial score (nSPS) is 20.9. The van der Waals surface area contributed by atoms with Crippen LogP contribution in [0.3, 0.4) is 0 Å². The Hall–Kier alpha value is -1.73.